The third kappa shape index (κ3) is 3.49. The van der Waals surface area contributed by atoms with E-state index in [2.05, 4.69) is 25.8 Å². The second kappa shape index (κ2) is 4.97. The Labute approximate surface area is 93.5 Å². The molecule has 15 heavy (non-hydrogen) atoms. The van der Waals surface area contributed by atoms with E-state index in [1.807, 2.05) is 0 Å². The second-order valence-corrected chi connectivity index (χ2v) is 5.47. The van der Waals surface area contributed by atoms with Crippen molar-refractivity contribution < 1.29 is 0 Å². The van der Waals surface area contributed by atoms with E-state index in [9.17, 15) is 0 Å². The normalized spacial score (nSPS) is 17.9. The van der Waals surface area contributed by atoms with E-state index in [4.69, 9.17) is 11.1 Å². The molecule has 1 aliphatic rings. The predicted molar refractivity (Wildman–Crippen MR) is 65.2 cm³/mol. The number of rotatable bonds is 6. The molecule has 0 radical (unpaired) electrons. The largest absolute Gasteiger partial charge is 0.387 e. The van der Waals surface area contributed by atoms with Crippen molar-refractivity contribution in [2.45, 2.75) is 52.0 Å². The molecule has 0 aromatic heterocycles. The van der Waals surface area contributed by atoms with E-state index in [1.165, 1.54) is 19.3 Å². The molecular weight excluding hydrogens is 186 g/mol. The molecule has 0 unspecified atom stereocenters. The molecule has 0 aliphatic heterocycles. The van der Waals surface area contributed by atoms with Gasteiger partial charge in [-0.1, -0.05) is 20.3 Å². The van der Waals surface area contributed by atoms with Gasteiger partial charge >= 0.3 is 0 Å². The molecule has 3 nitrogen and oxygen atoms in total. The smallest absolute Gasteiger partial charge is 0.0963 e. The number of hydrogen-bond donors (Lipinski definition) is 2. The third-order valence-corrected chi connectivity index (χ3v) is 3.74. The summed E-state index contributed by atoms with van der Waals surface area (Å²) in [4.78, 5) is 2.46. The molecule has 0 aromatic carbocycles. The summed E-state index contributed by atoms with van der Waals surface area (Å²) in [6.07, 6.45) is 6.28. The molecule has 0 aromatic rings. The summed E-state index contributed by atoms with van der Waals surface area (Å²) in [5.74, 6) is 0.314. The summed E-state index contributed by atoms with van der Waals surface area (Å²) in [6.45, 7) is 5.25. The van der Waals surface area contributed by atoms with Crippen LogP contribution in [0, 0.1) is 10.8 Å². The molecule has 3 N–H and O–H groups in total. The Bertz CT molecular complexity index is 219. The molecule has 3 heteroatoms. The van der Waals surface area contributed by atoms with Crippen LogP contribution in [0.5, 0.6) is 0 Å². The van der Waals surface area contributed by atoms with Crippen LogP contribution in [0.15, 0.2) is 0 Å². The van der Waals surface area contributed by atoms with Crippen LogP contribution in [0.3, 0.4) is 0 Å². The van der Waals surface area contributed by atoms with Crippen LogP contribution in [-0.4, -0.2) is 30.4 Å². The fourth-order valence-electron chi connectivity index (χ4n) is 1.92. The van der Waals surface area contributed by atoms with Gasteiger partial charge in [-0.2, -0.15) is 0 Å². The Morgan fingerprint density at radius 2 is 2.07 bits per heavy atom. The van der Waals surface area contributed by atoms with E-state index in [-0.39, 0.29) is 5.41 Å². The number of nitrogens with one attached hydrogen (secondary N) is 1. The molecule has 1 saturated carbocycles. The Morgan fingerprint density at radius 3 is 2.47 bits per heavy atom. The molecule has 0 bridgehead atoms. The van der Waals surface area contributed by atoms with Crippen LogP contribution < -0.4 is 5.73 Å². The molecule has 1 aliphatic carbocycles. The zero-order valence-corrected chi connectivity index (χ0v) is 10.3. The Kier molecular flexibility index (Phi) is 4.14. The van der Waals surface area contributed by atoms with Gasteiger partial charge in [-0.05, 0) is 39.3 Å². The van der Waals surface area contributed by atoms with Gasteiger partial charge in [-0.25, -0.2) is 0 Å². The van der Waals surface area contributed by atoms with Gasteiger partial charge in [0.15, 0.2) is 0 Å². The average Bonchev–Trinajstić information content (AvgIpc) is 1.99. The van der Waals surface area contributed by atoms with E-state index in [0.29, 0.717) is 5.84 Å². The highest BCUT2D eigenvalue weighted by atomic mass is 15.1. The van der Waals surface area contributed by atoms with Crippen molar-refractivity contribution in [1.29, 1.82) is 5.41 Å². The van der Waals surface area contributed by atoms with Crippen molar-refractivity contribution in [3.8, 4) is 0 Å². The van der Waals surface area contributed by atoms with E-state index >= 15 is 0 Å². The van der Waals surface area contributed by atoms with Crippen LogP contribution in [0.25, 0.3) is 0 Å². The first-order chi connectivity index (χ1) is 6.93. The molecule has 0 atom stereocenters. The standard InChI is InChI=1S/C12H25N3/c1-12(2,11(13)14)8-5-9-15(3)10-6-4-7-10/h10H,4-9H2,1-3H3,(H3,13,14). The van der Waals surface area contributed by atoms with Crippen molar-refractivity contribution in [3.05, 3.63) is 0 Å². The lowest BCUT2D eigenvalue weighted by molar-refractivity contribution is 0.154. The summed E-state index contributed by atoms with van der Waals surface area (Å²) in [5, 5.41) is 7.48. The highest BCUT2D eigenvalue weighted by Crippen LogP contribution is 2.25. The van der Waals surface area contributed by atoms with Gasteiger partial charge in [0, 0.05) is 11.5 Å². The minimum atomic E-state index is -0.125. The van der Waals surface area contributed by atoms with Crippen LogP contribution in [-0.2, 0) is 0 Å². The molecule has 1 rings (SSSR count). The minimum absolute atomic E-state index is 0.125. The molecule has 0 heterocycles. The molecule has 0 saturated heterocycles. The van der Waals surface area contributed by atoms with Gasteiger partial charge in [0.2, 0.25) is 0 Å². The summed E-state index contributed by atoms with van der Waals surface area (Å²) in [7, 11) is 2.21. The second-order valence-electron chi connectivity index (χ2n) is 5.47. The van der Waals surface area contributed by atoms with Crippen molar-refractivity contribution in [2.75, 3.05) is 13.6 Å². The summed E-state index contributed by atoms with van der Waals surface area (Å²) < 4.78 is 0. The Morgan fingerprint density at radius 1 is 1.47 bits per heavy atom. The monoisotopic (exact) mass is 211 g/mol. The van der Waals surface area contributed by atoms with Gasteiger partial charge in [-0.3, -0.25) is 5.41 Å². The maximum Gasteiger partial charge on any atom is 0.0963 e. The molecule has 1 fully saturated rings. The molecule has 0 amide bonds. The van der Waals surface area contributed by atoms with Gasteiger partial charge in [0.25, 0.3) is 0 Å². The first-order valence-electron chi connectivity index (χ1n) is 5.98. The average molecular weight is 211 g/mol. The minimum Gasteiger partial charge on any atom is -0.387 e. The van der Waals surface area contributed by atoms with Crippen molar-refractivity contribution >= 4 is 5.84 Å². The SMILES string of the molecule is CN(CCCC(C)(C)C(=N)N)C1CCC1. The molecule has 88 valence electrons. The first kappa shape index (κ1) is 12.5. The fourth-order valence-corrected chi connectivity index (χ4v) is 1.92. The maximum atomic E-state index is 7.48. The maximum absolute atomic E-state index is 7.48. The van der Waals surface area contributed by atoms with E-state index in [0.717, 1.165) is 25.4 Å². The van der Waals surface area contributed by atoms with Gasteiger partial charge < -0.3 is 10.6 Å². The third-order valence-electron chi connectivity index (χ3n) is 3.74. The lowest BCUT2D eigenvalue weighted by Gasteiger charge is -2.35. The molecule has 0 spiro atoms. The quantitative estimate of drug-likeness (QED) is 0.523. The van der Waals surface area contributed by atoms with Crippen LogP contribution >= 0.6 is 0 Å². The zero-order valence-electron chi connectivity index (χ0n) is 10.3. The summed E-state index contributed by atoms with van der Waals surface area (Å²) in [6, 6.07) is 0.824. The zero-order chi connectivity index (χ0) is 11.5. The topological polar surface area (TPSA) is 53.1 Å². The lowest BCUT2D eigenvalue weighted by atomic mass is 9.86. The Balaban J connectivity index is 2.17. The van der Waals surface area contributed by atoms with Crippen molar-refractivity contribution in [1.82, 2.24) is 4.90 Å². The first-order valence-corrected chi connectivity index (χ1v) is 5.98. The number of nitrogens with two attached hydrogens (primary N) is 1. The van der Waals surface area contributed by atoms with Crippen molar-refractivity contribution in [3.63, 3.8) is 0 Å². The number of nitrogens with zero attached hydrogens (tertiary/aromatic N) is 1. The molecular formula is C12H25N3. The number of hydrogen-bond acceptors (Lipinski definition) is 2. The van der Waals surface area contributed by atoms with E-state index in [1.54, 1.807) is 0 Å². The Hall–Kier alpha value is -0.570. The van der Waals surface area contributed by atoms with Crippen LogP contribution in [0.4, 0.5) is 0 Å². The fraction of sp³-hybridized carbons (Fsp3) is 0.917. The summed E-state index contributed by atoms with van der Waals surface area (Å²) >= 11 is 0. The van der Waals surface area contributed by atoms with Crippen LogP contribution in [0.2, 0.25) is 0 Å². The van der Waals surface area contributed by atoms with Crippen molar-refractivity contribution in [2.24, 2.45) is 11.1 Å². The summed E-state index contributed by atoms with van der Waals surface area (Å²) in [5.41, 5.74) is 5.43. The van der Waals surface area contributed by atoms with Gasteiger partial charge in [-0.15, -0.1) is 0 Å². The highest BCUT2D eigenvalue weighted by Gasteiger charge is 2.24. The van der Waals surface area contributed by atoms with Gasteiger partial charge in [0.05, 0.1) is 5.84 Å². The number of amidine groups is 1. The van der Waals surface area contributed by atoms with Crippen LogP contribution in [0.1, 0.15) is 46.0 Å². The lowest BCUT2D eigenvalue weighted by Crippen LogP contribution is -2.38. The van der Waals surface area contributed by atoms with E-state index < -0.39 is 0 Å². The van der Waals surface area contributed by atoms with Gasteiger partial charge in [0.1, 0.15) is 0 Å². The highest BCUT2D eigenvalue weighted by molar-refractivity contribution is 5.82. The predicted octanol–water partition coefficient (Wildman–Crippen LogP) is 2.21.